The maximum Gasteiger partial charge on any atom is 0.426 e. The predicted octanol–water partition coefficient (Wildman–Crippen LogP) is 3.01. The lowest BCUT2D eigenvalue weighted by Crippen LogP contribution is -2.45. The van der Waals surface area contributed by atoms with Gasteiger partial charge in [-0.15, -0.1) is 0 Å². The summed E-state index contributed by atoms with van der Waals surface area (Å²) in [6.07, 6.45) is 5.19. The van der Waals surface area contributed by atoms with Crippen molar-refractivity contribution in [1.29, 1.82) is 0 Å². The number of nitrogens with zero attached hydrogens (tertiary/aromatic N) is 1. The highest BCUT2D eigenvalue weighted by Gasteiger charge is 2.45. The SMILES string of the molecule is CCCCO[C@H]1CC[C@H](OC[C@@H]2COS(=O)(=O)N2C(=O)OC(C)(C)C)CC1. The number of hydrogen-bond donors (Lipinski definition) is 0. The maximum atomic E-state index is 12.3. The molecule has 0 aromatic rings. The summed E-state index contributed by atoms with van der Waals surface area (Å²) in [5, 5.41) is 0. The molecule has 1 amide bonds. The van der Waals surface area contributed by atoms with E-state index in [4.69, 9.17) is 18.4 Å². The van der Waals surface area contributed by atoms with Gasteiger partial charge >= 0.3 is 16.4 Å². The minimum Gasteiger partial charge on any atom is -0.443 e. The highest BCUT2D eigenvalue weighted by molar-refractivity contribution is 7.85. The van der Waals surface area contributed by atoms with Gasteiger partial charge in [-0.05, 0) is 52.9 Å². The van der Waals surface area contributed by atoms with Crippen LogP contribution in [0.15, 0.2) is 0 Å². The van der Waals surface area contributed by atoms with Gasteiger partial charge in [0.15, 0.2) is 0 Å². The smallest absolute Gasteiger partial charge is 0.426 e. The third-order valence-electron chi connectivity index (χ3n) is 4.55. The molecule has 27 heavy (non-hydrogen) atoms. The van der Waals surface area contributed by atoms with Crippen LogP contribution < -0.4 is 0 Å². The number of unbranched alkanes of at least 4 members (excludes halogenated alkanes) is 1. The molecule has 1 saturated carbocycles. The van der Waals surface area contributed by atoms with E-state index in [0.717, 1.165) is 45.1 Å². The van der Waals surface area contributed by atoms with Crippen LogP contribution in [0.3, 0.4) is 0 Å². The summed E-state index contributed by atoms with van der Waals surface area (Å²) in [4.78, 5) is 12.3. The van der Waals surface area contributed by atoms with Gasteiger partial charge in [-0.1, -0.05) is 13.3 Å². The second-order valence-electron chi connectivity index (χ2n) is 8.13. The Morgan fingerprint density at radius 2 is 1.70 bits per heavy atom. The Kier molecular flexibility index (Phi) is 7.91. The van der Waals surface area contributed by atoms with Crippen LogP contribution in [-0.2, 0) is 28.7 Å². The fourth-order valence-electron chi connectivity index (χ4n) is 3.14. The van der Waals surface area contributed by atoms with Gasteiger partial charge in [-0.3, -0.25) is 4.18 Å². The molecule has 2 fully saturated rings. The van der Waals surface area contributed by atoms with Crippen LogP contribution in [0.1, 0.15) is 66.2 Å². The van der Waals surface area contributed by atoms with Crippen molar-refractivity contribution in [2.75, 3.05) is 19.8 Å². The van der Waals surface area contributed by atoms with Crippen LogP contribution in [0.4, 0.5) is 4.79 Å². The number of hydrogen-bond acceptors (Lipinski definition) is 7. The molecule has 1 aliphatic heterocycles. The molecule has 0 radical (unpaired) electrons. The first-order valence-electron chi connectivity index (χ1n) is 9.77. The predicted molar refractivity (Wildman–Crippen MR) is 99.6 cm³/mol. The van der Waals surface area contributed by atoms with E-state index in [9.17, 15) is 13.2 Å². The van der Waals surface area contributed by atoms with Gasteiger partial charge in [0.25, 0.3) is 0 Å². The van der Waals surface area contributed by atoms with Crippen LogP contribution in [0.25, 0.3) is 0 Å². The van der Waals surface area contributed by atoms with Gasteiger partial charge in [-0.2, -0.15) is 12.7 Å². The van der Waals surface area contributed by atoms with Crippen molar-refractivity contribution < 1.29 is 31.6 Å². The monoisotopic (exact) mass is 407 g/mol. The average Bonchev–Trinajstić information content (AvgIpc) is 2.87. The zero-order valence-corrected chi connectivity index (χ0v) is 17.6. The van der Waals surface area contributed by atoms with E-state index in [1.807, 2.05) is 0 Å². The summed E-state index contributed by atoms with van der Waals surface area (Å²) in [6.45, 7) is 7.97. The van der Waals surface area contributed by atoms with E-state index in [-0.39, 0.29) is 25.4 Å². The molecular formula is C18H33NO7S. The molecule has 9 heteroatoms. The topological polar surface area (TPSA) is 91.4 Å². The third kappa shape index (κ3) is 6.89. The number of carbonyl (C=O) groups excluding carboxylic acids is 1. The van der Waals surface area contributed by atoms with Crippen LogP contribution >= 0.6 is 0 Å². The number of amides is 1. The van der Waals surface area contributed by atoms with Crippen molar-refractivity contribution >= 4 is 16.4 Å². The minimum atomic E-state index is -4.12. The molecule has 0 aromatic carbocycles. The fraction of sp³-hybridized carbons (Fsp3) is 0.944. The average molecular weight is 408 g/mol. The van der Waals surface area contributed by atoms with Gasteiger partial charge in [0.1, 0.15) is 11.6 Å². The Morgan fingerprint density at radius 1 is 1.11 bits per heavy atom. The highest BCUT2D eigenvalue weighted by atomic mass is 32.2. The summed E-state index contributed by atoms with van der Waals surface area (Å²) < 4.78 is 46.5. The zero-order chi connectivity index (χ0) is 20.1. The number of ether oxygens (including phenoxy) is 3. The summed E-state index contributed by atoms with van der Waals surface area (Å²) in [5.41, 5.74) is -0.795. The van der Waals surface area contributed by atoms with Crippen LogP contribution in [0.5, 0.6) is 0 Å². The van der Waals surface area contributed by atoms with E-state index in [0.29, 0.717) is 4.31 Å². The van der Waals surface area contributed by atoms with Crippen LogP contribution in [0, 0.1) is 0 Å². The highest BCUT2D eigenvalue weighted by Crippen LogP contribution is 2.26. The summed E-state index contributed by atoms with van der Waals surface area (Å²) in [5.74, 6) is 0. The maximum absolute atomic E-state index is 12.3. The van der Waals surface area contributed by atoms with E-state index >= 15 is 0 Å². The van der Waals surface area contributed by atoms with Crippen molar-refractivity contribution in [1.82, 2.24) is 4.31 Å². The normalized spacial score (nSPS) is 28.3. The largest absolute Gasteiger partial charge is 0.443 e. The van der Waals surface area contributed by atoms with Crippen molar-refractivity contribution in [2.45, 2.75) is 90.1 Å². The molecule has 1 saturated heterocycles. The quantitative estimate of drug-likeness (QED) is 0.599. The molecular weight excluding hydrogens is 374 g/mol. The Bertz CT molecular complexity index is 579. The lowest BCUT2D eigenvalue weighted by molar-refractivity contribution is -0.0421. The Morgan fingerprint density at radius 3 is 2.26 bits per heavy atom. The molecule has 8 nitrogen and oxygen atoms in total. The first kappa shape index (κ1) is 22.4. The fourth-order valence-corrected chi connectivity index (χ4v) is 4.29. The molecule has 0 N–H and O–H groups in total. The molecule has 1 aliphatic carbocycles. The molecule has 0 bridgehead atoms. The van der Waals surface area contributed by atoms with E-state index in [1.54, 1.807) is 20.8 Å². The molecule has 0 spiro atoms. The first-order chi connectivity index (χ1) is 12.6. The molecule has 1 heterocycles. The summed E-state index contributed by atoms with van der Waals surface area (Å²) in [7, 11) is -4.12. The van der Waals surface area contributed by atoms with E-state index in [2.05, 4.69) is 6.92 Å². The molecule has 0 aromatic heterocycles. The lowest BCUT2D eigenvalue weighted by atomic mass is 9.95. The van der Waals surface area contributed by atoms with Crippen molar-refractivity contribution in [3.8, 4) is 0 Å². The molecule has 0 unspecified atom stereocenters. The molecule has 2 rings (SSSR count). The second-order valence-corrected chi connectivity index (χ2v) is 9.61. The third-order valence-corrected chi connectivity index (χ3v) is 5.92. The summed E-state index contributed by atoms with van der Waals surface area (Å²) >= 11 is 0. The van der Waals surface area contributed by atoms with E-state index in [1.165, 1.54) is 0 Å². The van der Waals surface area contributed by atoms with Crippen molar-refractivity contribution in [2.24, 2.45) is 0 Å². The van der Waals surface area contributed by atoms with Gasteiger partial charge in [0, 0.05) is 6.61 Å². The van der Waals surface area contributed by atoms with Crippen LogP contribution in [0.2, 0.25) is 0 Å². The van der Waals surface area contributed by atoms with Gasteiger partial charge in [0.05, 0.1) is 25.4 Å². The van der Waals surface area contributed by atoms with Crippen molar-refractivity contribution in [3.63, 3.8) is 0 Å². The Balaban J connectivity index is 1.82. The first-order valence-corrected chi connectivity index (χ1v) is 11.1. The number of carbonyl (C=O) groups is 1. The van der Waals surface area contributed by atoms with Crippen molar-refractivity contribution in [3.05, 3.63) is 0 Å². The second kappa shape index (κ2) is 9.54. The molecule has 2 aliphatic rings. The van der Waals surface area contributed by atoms with Gasteiger partial charge in [0.2, 0.25) is 0 Å². The van der Waals surface area contributed by atoms with Gasteiger partial charge < -0.3 is 14.2 Å². The molecule has 158 valence electrons. The Hall–Kier alpha value is -0.900. The lowest BCUT2D eigenvalue weighted by Gasteiger charge is -2.30. The van der Waals surface area contributed by atoms with Gasteiger partial charge in [-0.25, -0.2) is 4.79 Å². The Labute approximate surface area is 162 Å². The molecule has 1 atom stereocenters. The van der Waals surface area contributed by atoms with Crippen LogP contribution in [-0.4, -0.2) is 62.5 Å². The van der Waals surface area contributed by atoms with E-state index < -0.39 is 28.0 Å². The zero-order valence-electron chi connectivity index (χ0n) is 16.8. The summed E-state index contributed by atoms with van der Waals surface area (Å²) in [6, 6.07) is -0.705. The number of rotatable bonds is 7. The standard InChI is InChI=1S/C18H33NO7S/c1-5-6-11-23-15-7-9-16(10-8-15)24-12-14-13-25-27(21,22)19(14)17(20)26-18(2,3)4/h14-16H,5-13H2,1-4H3/t14-,15-,16-/m1/s1. The minimum absolute atomic E-state index is 0.0415.